The number of hydrogen-bond donors (Lipinski definition) is 2. The van der Waals surface area contributed by atoms with Gasteiger partial charge >= 0.3 is 0 Å². The Kier molecular flexibility index (Phi) is 6.25. The largest absolute Gasteiger partial charge is 0.395 e. The van der Waals surface area contributed by atoms with Crippen LogP contribution in [0.1, 0.15) is 12.8 Å². The third-order valence-electron chi connectivity index (χ3n) is 2.91. The summed E-state index contributed by atoms with van der Waals surface area (Å²) in [5.74, 6) is 0. The van der Waals surface area contributed by atoms with Gasteiger partial charge in [0.05, 0.1) is 6.61 Å². The molecule has 0 amide bonds. The van der Waals surface area contributed by atoms with Gasteiger partial charge in [-0.2, -0.15) is 0 Å². The average Bonchev–Trinajstić information content (AvgIpc) is 2.47. The number of aliphatic hydroxyl groups is 1. The van der Waals surface area contributed by atoms with E-state index in [1.54, 1.807) is 0 Å². The molecule has 2 N–H and O–H groups in total. The van der Waals surface area contributed by atoms with E-state index in [-0.39, 0.29) is 24.8 Å². The Labute approximate surface area is 91.7 Å². The summed E-state index contributed by atoms with van der Waals surface area (Å²) in [7, 11) is 0. The predicted octanol–water partition coefficient (Wildman–Crippen LogP) is 0.258. The second-order valence-corrected chi connectivity index (χ2v) is 3.51. The second-order valence-electron chi connectivity index (χ2n) is 3.51. The van der Waals surface area contributed by atoms with Crippen molar-refractivity contribution in [1.29, 1.82) is 0 Å². The quantitative estimate of drug-likeness (QED) is 0.677. The Balaban J connectivity index is 0.000000720. The molecule has 0 aromatic heterocycles. The second kappa shape index (κ2) is 6.04. The lowest BCUT2D eigenvalue weighted by atomic mass is 10.2. The molecule has 2 atom stereocenters. The zero-order valence-electron chi connectivity index (χ0n) is 7.61. The third kappa shape index (κ3) is 2.70. The molecule has 2 aliphatic heterocycles. The van der Waals surface area contributed by atoms with Gasteiger partial charge in [-0.1, -0.05) is 0 Å². The molecule has 5 heteroatoms. The molecular weight excluding hydrogens is 211 g/mol. The van der Waals surface area contributed by atoms with Gasteiger partial charge in [0.2, 0.25) is 0 Å². The normalized spacial score (nSPS) is 33.0. The van der Waals surface area contributed by atoms with Gasteiger partial charge in [-0.15, -0.1) is 24.8 Å². The van der Waals surface area contributed by atoms with Crippen LogP contribution < -0.4 is 5.32 Å². The van der Waals surface area contributed by atoms with E-state index in [0.29, 0.717) is 18.7 Å². The van der Waals surface area contributed by atoms with Crippen molar-refractivity contribution in [3.05, 3.63) is 0 Å². The SMILES string of the molecule is Cl.Cl.OCC1CCC2CNCCN12. The van der Waals surface area contributed by atoms with E-state index < -0.39 is 0 Å². The van der Waals surface area contributed by atoms with Crippen molar-refractivity contribution in [3.63, 3.8) is 0 Å². The molecule has 0 radical (unpaired) electrons. The number of halogens is 2. The van der Waals surface area contributed by atoms with Crippen molar-refractivity contribution in [1.82, 2.24) is 10.2 Å². The molecule has 2 saturated heterocycles. The first-order chi connectivity index (χ1) is 5.42. The van der Waals surface area contributed by atoms with Gasteiger partial charge in [0.1, 0.15) is 0 Å². The van der Waals surface area contributed by atoms with Crippen LogP contribution in [0.4, 0.5) is 0 Å². The molecule has 0 spiro atoms. The average molecular weight is 229 g/mol. The fourth-order valence-corrected chi connectivity index (χ4v) is 2.27. The van der Waals surface area contributed by atoms with Crippen LogP contribution in [0.15, 0.2) is 0 Å². The van der Waals surface area contributed by atoms with Crippen molar-refractivity contribution in [2.45, 2.75) is 24.9 Å². The Bertz CT molecular complexity index is 142. The van der Waals surface area contributed by atoms with Gasteiger partial charge in [0.15, 0.2) is 0 Å². The summed E-state index contributed by atoms with van der Waals surface area (Å²) in [6.07, 6.45) is 2.45. The van der Waals surface area contributed by atoms with Gasteiger partial charge in [-0.25, -0.2) is 0 Å². The highest BCUT2D eigenvalue weighted by Gasteiger charge is 2.33. The summed E-state index contributed by atoms with van der Waals surface area (Å²) >= 11 is 0. The van der Waals surface area contributed by atoms with Crippen LogP contribution in [0.2, 0.25) is 0 Å². The van der Waals surface area contributed by atoms with E-state index in [1.807, 2.05) is 0 Å². The van der Waals surface area contributed by atoms with Crippen LogP contribution in [-0.2, 0) is 0 Å². The van der Waals surface area contributed by atoms with E-state index >= 15 is 0 Å². The molecule has 2 fully saturated rings. The highest BCUT2D eigenvalue weighted by atomic mass is 35.5. The van der Waals surface area contributed by atoms with E-state index in [0.717, 1.165) is 19.6 Å². The summed E-state index contributed by atoms with van der Waals surface area (Å²) in [5.41, 5.74) is 0. The first-order valence-electron chi connectivity index (χ1n) is 4.49. The molecule has 13 heavy (non-hydrogen) atoms. The minimum Gasteiger partial charge on any atom is -0.395 e. The van der Waals surface area contributed by atoms with Crippen molar-refractivity contribution < 1.29 is 5.11 Å². The zero-order chi connectivity index (χ0) is 7.68. The summed E-state index contributed by atoms with van der Waals surface area (Å²) in [4.78, 5) is 2.45. The first kappa shape index (κ1) is 13.5. The molecule has 0 bridgehead atoms. The van der Waals surface area contributed by atoms with Crippen molar-refractivity contribution in [2.24, 2.45) is 0 Å². The smallest absolute Gasteiger partial charge is 0.0587 e. The number of aliphatic hydroxyl groups excluding tert-OH is 1. The van der Waals surface area contributed by atoms with Crippen molar-refractivity contribution >= 4 is 24.8 Å². The van der Waals surface area contributed by atoms with Crippen LogP contribution >= 0.6 is 24.8 Å². The summed E-state index contributed by atoms with van der Waals surface area (Å²) in [5, 5.41) is 12.4. The number of piperazine rings is 1. The van der Waals surface area contributed by atoms with Gasteiger partial charge in [0, 0.05) is 31.7 Å². The number of hydrogen-bond acceptors (Lipinski definition) is 3. The molecule has 0 aromatic rings. The molecule has 80 valence electrons. The van der Waals surface area contributed by atoms with Gasteiger partial charge in [-0.3, -0.25) is 4.90 Å². The molecule has 0 aliphatic carbocycles. The molecule has 0 aromatic carbocycles. The Morgan fingerprint density at radius 1 is 1.31 bits per heavy atom. The van der Waals surface area contributed by atoms with Gasteiger partial charge < -0.3 is 10.4 Å². The zero-order valence-corrected chi connectivity index (χ0v) is 9.24. The highest BCUT2D eigenvalue weighted by Crippen LogP contribution is 2.24. The van der Waals surface area contributed by atoms with E-state index in [9.17, 15) is 0 Å². The summed E-state index contributed by atoms with van der Waals surface area (Å²) in [6.45, 7) is 3.68. The topological polar surface area (TPSA) is 35.5 Å². The van der Waals surface area contributed by atoms with E-state index in [2.05, 4.69) is 10.2 Å². The lowest BCUT2D eigenvalue weighted by molar-refractivity contribution is 0.112. The Morgan fingerprint density at radius 2 is 2.08 bits per heavy atom. The van der Waals surface area contributed by atoms with Crippen LogP contribution in [0.5, 0.6) is 0 Å². The van der Waals surface area contributed by atoms with Gasteiger partial charge in [-0.05, 0) is 12.8 Å². The van der Waals surface area contributed by atoms with Crippen LogP contribution in [0.25, 0.3) is 0 Å². The lowest BCUT2D eigenvalue weighted by Crippen LogP contribution is -2.51. The molecule has 2 rings (SSSR count). The first-order valence-corrected chi connectivity index (χ1v) is 4.49. The summed E-state index contributed by atoms with van der Waals surface area (Å²) < 4.78 is 0. The third-order valence-corrected chi connectivity index (χ3v) is 2.91. The van der Waals surface area contributed by atoms with Crippen LogP contribution in [0, 0.1) is 0 Å². The van der Waals surface area contributed by atoms with Crippen LogP contribution in [-0.4, -0.2) is 48.3 Å². The Hall–Kier alpha value is 0.460. The molecule has 2 aliphatic rings. The molecular formula is C8H18Cl2N2O. The molecule has 2 heterocycles. The highest BCUT2D eigenvalue weighted by molar-refractivity contribution is 5.85. The Morgan fingerprint density at radius 3 is 2.77 bits per heavy atom. The molecule has 0 saturated carbocycles. The minimum absolute atomic E-state index is 0. The van der Waals surface area contributed by atoms with E-state index in [1.165, 1.54) is 12.8 Å². The monoisotopic (exact) mass is 228 g/mol. The maximum Gasteiger partial charge on any atom is 0.0587 e. The number of rotatable bonds is 1. The fraction of sp³-hybridized carbons (Fsp3) is 1.00. The lowest BCUT2D eigenvalue weighted by Gasteiger charge is -2.33. The standard InChI is InChI=1S/C8H16N2O.2ClH/c11-6-8-2-1-7-5-9-3-4-10(7)8;;/h7-9,11H,1-6H2;2*1H. The summed E-state index contributed by atoms with van der Waals surface area (Å²) in [6, 6.07) is 1.17. The number of fused-ring (bicyclic) bond motifs is 1. The minimum atomic E-state index is 0. The van der Waals surface area contributed by atoms with Crippen molar-refractivity contribution in [2.75, 3.05) is 26.2 Å². The van der Waals surface area contributed by atoms with Gasteiger partial charge in [0.25, 0.3) is 0 Å². The van der Waals surface area contributed by atoms with Crippen LogP contribution in [0.3, 0.4) is 0 Å². The maximum atomic E-state index is 9.04. The number of nitrogens with one attached hydrogen (secondary N) is 1. The molecule has 2 unspecified atom stereocenters. The predicted molar refractivity (Wildman–Crippen MR) is 58.0 cm³/mol. The van der Waals surface area contributed by atoms with Crippen molar-refractivity contribution in [3.8, 4) is 0 Å². The molecule has 3 nitrogen and oxygen atoms in total. The van der Waals surface area contributed by atoms with E-state index in [4.69, 9.17) is 5.11 Å². The fourth-order valence-electron chi connectivity index (χ4n) is 2.27. The maximum absolute atomic E-state index is 9.04. The number of nitrogens with zero attached hydrogens (tertiary/aromatic N) is 1.